The molecule has 2 aromatic rings. The van der Waals surface area contributed by atoms with Gasteiger partial charge in [0.2, 0.25) is 0 Å². The number of amides is 1. The van der Waals surface area contributed by atoms with Crippen LogP contribution in [0.15, 0.2) is 17.1 Å². The molecule has 2 N–H and O–H groups in total. The number of hydrogen-bond acceptors (Lipinski definition) is 4. The number of nitrogens with one attached hydrogen (secondary N) is 2. The first-order valence-corrected chi connectivity index (χ1v) is 8.18. The molecule has 9 heteroatoms. The number of carbonyl (C=O) groups excluding carboxylic acids is 1. The van der Waals surface area contributed by atoms with Crippen molar-refractivity contribution in [2.45, 2.75) is 38.1 Å². The minimum Gasteiger partial charge on any atom is -0.348 e. The van der Waals surface area contributed by atoms with Gasteiger partial charge in [0.25, 0.3) is 5.91 Å². The third kappa shape index (κ3) is 3.75. The fourth-order valence-electron chi connectivity index (χ4n) is 3.26. The van der Waals surface area contributed by atoms with Gasteiger partial charge in [-0.1, -0.05) is 12.8 Å². The maximum atomic E-state index is 13.7. The van der Waals surface area contributed by atoms with E-state index in [0.717, 1.165) is 31.9 Å². The molecule has 1 amide bonds. The molecule has 0 aromatic carbocycles. The Balaban J connectivity index is 1.73. The van der Waals surface area contributed by atoms with Gasteiger partial charge in [-0.15, -0.1) is 0 Å². The number of H-pyrrole nitrogens is 1. The van der Waals surface area contributed by atoms with Gasteiger partial charge < -0.3 is 5.32 Å². The lowest BCUT2D eigenvalue weighted by Gasteiger charge is -2.31. The normalized spacial score (nSPS) is 20.4. The second kappa shape index (κ2) is 7.12. The van der Waals surface area contributed by atoms with Crippen LogP contribution in [0.4, 0.5) is 8.78 Å². The van der Waals surface area contributed by atoms with Crippen LogP contribution in [0.25, 0.3) is 0 Å². The van der Waals surface area contributed by atoms with Gasteiger partial charge in [0.05, 0.1) is 6.20 Å². The molecule has 134 valence electrons. The second-order valence-electron chi connectivity index (χ2n) is 6.32. The van der Waals surface area contributed by atoms with Gasteiger partial charge in [0, 0.05) is 25.6 Å². The summed E-state index contributed by atoms with van der Waals surface area (Å²) in [6.07, 6.45) is 4.91. The van der Waals surface area contributed by atoms with Crippen LogP contribution >= 0.6 is 0 Å². The Morgan fingerprint density at radius 3 is 2.84 bits per heavy atom. The van der Waals surface area contributed by atoms with Crippen LogP contribution in [-0.4, -0.2) is 31.7 Å². The highest BCUT2D eigenvalue weighted by molar-refractivity contribution is 5.92. The van der Waals surface area contributed by atoms with Gasteiger partial charge in [-0.3, -0.25) is 9.36 Å². The van der Waals surface area contributed by atoms with E-state index in [1.54, 1.807) is 7.05 Å². The van der Waals surface area contributed by atoms with E-state index in [4.69, 9.17) is 0 Å². The van der Waals surface area contributed by atoms with Crippen molar-refractivity contribution in [3.8, 4) is 0 Å². The van der Waals surface area contributed by atoms with Gasteiger partial charge in [0.1, 0.15) is 11.6 Å². The predicted octanol–water partition coefficient (Wildman–Crippen LogP) is 1.31. The largest absolute Gasteiger partial charge is 0.348 e. The number of carbonyl (C=O) groups is 1. The number of rotatable bonds is 4. The van der Waals surface area contributed by atoms with Crippen LogP contribution in [0.3, 0.4) is 0 Å². The average Bonchev–Trinajstić information content (AvgIpc) is 2.88. The summed E-state index contributed by atoms with van der Waals surface area (Å²) >= 11 is 0. The Kier molecular flexibility index (Phi) is 4.91. The summed E-state index contributed by atoms with van der Waals surface area (Å²) in [7, 11) is 1.63. The molecular formula is C16H19F2N5O2. The van der Waals surface area contributed by atoms with E-state index in [1.807, 2.05) is 0 Å². The molecular weight excluding hydrogens is 332 g/mol. The number of aromatic amines is 1. The van der Waals surface area contributed by atoms with E-state index >= 15 is 0 Å². The monoisotopic (exact) mass is 351 g/mol. The Morgan fingerprint density at radius 1 is 1.40 bits per heavy atom. The lowest BCUT2D eigenvalue weighted by molar-refractivity contribution is 0.0895. The van der Waals surface area contributed by atoms with E-state index in [1.165, 1.54) is 4.57 Å². The number of pyridine rings is 1. The van der Waals surface area contributed by atoms with Crippen molar-refractivity contribution in [3.63, 3.8) is 0 Å². The fraction of sp³-hybridized carbons (Fsp3) is 0.500. The molecule has 0 unspecified atom stereocenters. The summed E-state index contributed by atoms with van der Waals surface area (Å²) in [4.78, 5) is 27.3. The molecule has 0 saturated heterocycles. The zero-order chi connectivity index (χ0) is 18.0. The lowest BCUT2D eigenvalue weighted by Crippen LogP contribution is -2.43. The van der Waals surface area contributed by atoms with Gasteiger partial charge in [-0.2, -0.15) is 5.10 Å². The summed E-state index contributed by atoms with van der Waals surface area (Å²) in [5.41, 5.74) is -0.707. The van der Waals surface area contributed by atoms with Crippen molar-refractivity contribution in [2.75, 3.05) is 0 Å². The average molecular weight is 351 g/mol. The highest BCUT2D eigenvalue weighted by atomic mass is 19.1. The highest BCUT2D eigenvalue weighted by Gasteiger charge is 2.29. The summed E-state index contributed by atoms with van der Waals surface area (Å²) in [6, 6.07) is 0.457. The minimum atomic E-state index is -0.987. The van der Waals surface area contributed by atoms with Crippen molar-refractivity contribution in [1.29, 1.82) is 0 Å². The first-order valence-electron chi connectivity index (χ1n) is 8.18. The SMILES string of the molecule is Cn1c(C[C@H]2CCCC[C@H]2NC(=O)c2ncc(F)cc2F)n[nH]c1=O. The molecule has 0 spiro atoms. The minimum absolute atomic E-state index is 0.0788. The molecule has 7 nitrogen and oxygen atoms in total. The number of hydrogen-bond donors (Lipinski definition) is 2. The van der Waals surface area contributed by atoms with Crippen LogP contribution in [-0.2, 0) is 13.5 Å². The first-order chi connectivity index (χ1) is 12.0. The van der Waals surface area contributed by atoms with Crippen molar-refractivity contribution in [1.82, 2.24) is 25.1 Å². The van der Waals surface area contributed by atoms with Crippen LogP contribution < -0.4 is 11.0 Å². The van der Waals surface area contributed by atoms with E-state index in [-0.39, 0.29) is 17.6 Å². The van der Waals surface area contributed by atoms with Gasteiger partial charge in [0.15, 0.2) is 11.5 Å². The Bertz CT molecular complexity index is 832. The quantitative estimate of drug-likeness (QED) is 0.869. The van der Waals surface area contributed by atoms with Crippen molar-refractivity contribution in [2.24, 2.45) is 13.0 Å². The van der Waals surface area contributed by atoms with Crippen LogP contribution in [0.5, 0.6) is 0 Å². The maximum absolute atomic E-state index is 13.7. The van der Waals surface area contributed by atoms with Crippen LogP contribution in [0, 0.1) is 17.6 Å². The van der Waals surface area contributed by atoms with E-state index in [0.29, 0.717) is 18.3 Å². The third-order valence-electron chi connectivity index (χ3n) is 4.67. The zero-order valence-corrected chi connectivity index (χ0v) is 13.8. The molecule has 25 heavy (non-hydrogen) atoms. The zero-order valence-electron chi connectivity index (χ0n) is 13.8. The highest BCUT2D eigenvalue weighted by Crippen LogP contribution is 2.27. The molecule has 1 fully saturated rings. The molecule has 0 bridgehead atoms. The number of aromatic nitrogens is 4. The smallest absolute Gasteiger partial charge is 0.343 e. The van der Waals surface area contributed by atoms with E-state index in [2.05, 4.69) is 20.5 Å². The van der Waals surface area contributed by atoms with Gasteiger partial charge >= 0.3 is 5.69 Å². The Morgan fingerprint density at radius 2 is 2.16 bits per heavy atom. The molecule has 3 rings (SSSR count). The standard InChI is InChI=1S/C16H19F2N5O2/c1-23-13(21-22-16(23)25)6-9-4-2-3-5-12(9)20-15(24)14-11(18)7-10(17)8-19-14/h7-9,12H,2-6H2,1H3,(H,20,24)(H,22,25)/t9-,12-/m1/s1. The van der Waals surface area contributed by atoms with Crippen molar-refractivity contribution < 1.29 is 13.6 Å². The Labute approximate surface area is 142 Å². The summed E-state index contributed by atoms with van der Waals surface area (Å²) in [5.74, 6) is -1.79. The molecule has 2 heterocycles. The number of halogens is 2. The maximum Gasteiger partial charge on any atom is 0.343 e. The van der Waals surface area contributed by atoms with E-state index < -0.39 is 23.2 Å². The van der Waals surface area contributed by atoms with E-state index in [9.17, 15) is 18.4 Å². The second-order valence-corrected chi connectivity index (χ2v) is 6.32. The molecule has 1 aliphatic carbocycles. The first kappa shape index (κ1) is 17.2. The molecule has 1 saturated carbocycles. The Hall–Kier alpha value is -2.58. The van der Waals surface area contributed by atoms with Crippen LogP contribution in [0.2, 0.25) is 0 Å². The van der Waals surface area contributed by atoms with Crippen molar-refractivity contribution in [3.05, 3.63) is 45.9 Å². The summed E-state index contributed by atoms with van der Waals surface area (Å²) in [6.45, 7) is 0. The molecule has 0 aliphatic heterocycles. The number of nitrogens with zero attached hydrogens (tertiary/aromatic N) is 3. The molecule has 2 atom stereocenters. The predicted molar refractivity (Wildman–Crippen MR) is 84.9 cm³/mol. The summed E-state index contributed by atoms with van der Waals surface area (Å²) in [5, 5.41) is 9.20. The van der Waals surface area contributed by atoms with Crippen LogP contribution in [0.1, 0.15) is 42.0 Å². The third-order valence-corrected chi connectivity index (χ3v) is 4.67. The molecule has 1 aliphatic rings. The fourth-order valence-corrected chi connectivity index (χ4v) is 3.26. The van der Waals surface area contributed by atoms with Gasteiger partial charge in [-0.05, 0) is 18.8 Å². The topological polar surface area (TPSA) is 92.7 Å². The molecule has 2 aromatic heterocycles. The van der Waals surface area contributed by atoms with Crippen molar-refractivity contribution >= 4 is 5.91 Å². The lowest BCUT2D eigenvalue weighted by atomic mass is 9.82. The molecule has 0 radical (unpaired) electrons. The van der Waals surface area contributed by atoms with Gasteiger partial charge in [-0.25, -0.2) is 23.7 Å². The summed E-state index contributed by atoms with van der Waals surface area (Å²) < 4.78 is 28.1.